The number of nitrogens with one attached hydrogen (secondary N) is 1. The Kier molecular flexibility index (Phi) is 5.16. The van der Waals surface area contributed by atoms with E-state index in [1.807, 2.05) is 0 Å². The highest BCUT2D eigenvalue weighted by molar-refractivity contribution is 6.29. The van der Waals surface area contributed by atoms with Gasteiger partial charge in [0.25, 0.3) is 5.91 Å². The maximum atomic E-state index is 11.8. The molecule has 1 aromatic rings. The fourth-order valence-electron chi connectivity index (χ4n) is 2.23. The quantitative estimate of drug-likeness (QED) is 0.861. The van der Waals surface area contributed by atoms with Gasteiger partial charge in [0.15, 0.2) is 0 Å². The van der Waals surface area contributed by atoms with E-state index in [1.165, 1.54) is 19.0 Å². The van der Waals surface area contributed by atoms with Gasteiger partial charge in [-0.15, -0.1) is 0 Å². The van der Waals surface area contributed by atoms with Crippen LogP contribution in [0.25, 0.3) is 0 Å². The second-order valence-corrected chi connectivity index (χ2v) is 5.54. The van der Waals surface area contributed by atoms with Crippen molar-refractivity contribution in [3.05, 3.63) is 29.0 Å². The smallest absolute Gasteiger partial charge is 0.252 e. The number of likely N-dealkylation sites (tertiary alicyclic amines) is 1. The van der Waals surface area contributed by atoms with Gasteiger partial charge in [-0.25, -0.2) is 4.98 Å². The Hall–Kier alpha value is -1.13. The summed E-state index contributed by atoms with van der Waals surface area (Å²) in [6, 6.07) is 3.32. The predicted molar refractivity (Wildman–Crippen MR) is 76.4 cm³/mol. The van der Waals surface area contributed by atoms with Crippen molar-refractivity contribution in [2.75, 3.05) is 26.2 Å². The van der Waals surface area contributed by atoms with E-state index in [4.69, 9.17) is 11.6 Å². The van der Waals surface area contributed by atoms with Gasteiger partial charge in [0.2, 0.25) is 0 Å². The molecule has 1 N–H and O–H groups in total. The van der Waals surface area contributed by atoms with Crippen molar-refractivity contribution in [1.29, 1.82) is 0 Å². The minimum atomic E-state index is -0.0884. The lowest BCUT2D eigenvalue weighted by atomic mass is 9.99. The third-order valence-electron chi connectivity index (χ3n) is 3.58. The van der Waals surface area contributed by atoms with E-state index >= 15 is 0 Å². The zero-order valence-corrected chi connectivity index (χ0v) is 12.0. The third kappa shape index (κ3) is 4.48. The van der Waals surface area contributed by atoms with E-state index < -0.39 is 0 Å². The number of pyridine rings is 1. The van der Waals surface area contributed by atoms with Crippen LogP contribution >= 0.6 is 11.6 Å². The number of nitrogens with zero attached hydrogens (tertiary/aromatic N) is 2. The molecule has 0 spiro atoms. The second kappa shape index (κ2) is 6.87. The number of hydrogen-bond acceptors (Lipinski definition) is 3. The normalized spacial score (nSPS) is 17.4. The molecule has 0 aliphatic carbocycles. The van der Waals surface area contributed by atoms with E-state index in [1.54, 1.807) is 12.1 Å². The average molecular weight is 282 g/mol. The van der Waals surface area contributed by atoms with Crippen LogP contribution in [0.4, 0.5) is 0 Å². The summed E-state index contributed by atoms with van der Waals surface area (Å²) < 4.78 is 0. The molecule has 0 radical (unpaired) electrons. The SMILES string of the molecule is CC1CCN(CCNC(=O)c2ccc(Cl)nc2)CC1. The molecule has 104 valence electrons. The van der Waals surface area contributed by atoms with Gasteiger partial charge >= 0.3 is 0 Å². The van der Waals surface area contributed by atoms with Crippen molar-refractivity contribution in [2.24, 2.45) is 5.92 Å². The van der Waals surface area contributed by atoms with Crippen LogP contribution in [0, 0.1) is 5.92 Å². The monoisotopic (exact) mass is 281 g/mol. The highest BCUT2D eigenvalue weighted by Gasteiger charge is 2.15. The Bertz CT molecular complexity index is 413. The molecule has 1 aliphatic heterocycles. The Morgan fingerprint density at radius 3 is 2.84 bits per heavy atom. The molecular weight excluding hydrogens is 262 g/mol. The first-order valence-electron chi connectivity index (χ1n) is 6.77. The van der Waals surface area contributed by atoms with Crippen LogP contribution in [0.1, 0.15) is 30.1 Å². The van der Waals surface area contributed by atoms with E-state index in [9.17, 15) is 4.79 Å². The summed E-state index contributed by atoms with van der Waals surface area (Å²) in [5.41, 5.74) is 0.552. The van der Waals surface area contributed by atoms with Gasteiger partial charge in [-0.1, -0.05) is 18.5 Å². The predicted octanol–water partition coefficient (Wildman–Crippen LogP) is 2.20. The molecule has 0 bridgehead atoms. The second-order valence-electron chi connectivity index (χ2n) is 5.15. The molecule has 0 saturated carbocycles. The molecule has 2 heterocycles. The Labute approximate surface area is 119 Å². The molecular formula is C14H20ClN3O. The van der Waals surface area contributed by atoms with Crippen LogP contribution in [-0.2, 0) is 0 Å². The lowest BCUT2D eigenvalue weighted by molar-refractivity contribution is 0.0944. The maximum absolute atomic E-state index is 11.8. The van der Waals surface area contributed by atoms with Gasteiger partial charge in [-0.05, 0) is 44.0 Å². The summed E-state index contributed by atoms with van der Waals surface area (Å²) in [6.45, 7) is 6.17. The first kappa shape index (κ1) is 14.3. The van der Waals surface area contributed by atoms with Crippen LogP contribution in [0.3, 0.4) is 0 Å². The lowest BCUT2D eigenvalue weighted by Gasteiger charge is -2.30. The van der Waals surface area contributed by atoms with Crippen molar-refractivity contribution in [3.63, 3.8) is 0 Å². The van der Waals surface area contributed by atoms with E-state index in [0.29, 0.717) is 17.3 Å². The fraction of sp³-hybridized carbons (Fsp3) is 0.571. The van der Waals surface area contributed by atoms with Crippen LogP contribution in [0.5, 0.6) is 0 Å². The number of amides is 1. The third-order valence-corrected chi connectivity index (χ3v) is 3.80. The molecule has 1 saturated heterocycles. The van der Waals surface area contributed by atoms with Gasteiger partial charge in [-0.2, -0.15) is 0 Å². The van der Waals surface area contributed by atoms with Gasteiger partial charge in [0.1, 0.15) is 5.15 Å². The summed E-state index contributed by atoms with van der Waals surface area (Å²) in [5.74, 6) is 0.750. The van der Waals surface area contributed by atoms with Crippen LogP contribution < -0.4 is 5.32 Å². The van der Waals surface area contributed by atoms with Crippen LogP contribution in [0.2, 0.25) is 5.15 Å². The lowest BCUT2D eigenvalue weighted by Crippen LogP contribution is -2.39. The molecule has 4 nitrogen and oxygen atoms in total. The summed E-state index contributed by atoms with van der Waals surface area (Å²) in [5, 5.41) is 3.32. The first-order chi connectivity index (χ1) is 9.15. The van der Waals surface area contributed by atoms with E-state index in [0.717, 1.165) is 25.6 Å². The topological polar surface area (TPSA) is 45.2 Å². The molecule has 5 heteroatoms. The van der Waals surface area contributed by atoms with Gasteiger partial charge < -0.3 is 10.2 Å². The number of carbonyl (C=O) groups is 1. The molecule has 1 aliphatic rings. The van der Waals surface area contributed by atoms with Crippen molar-refractivity contribution < 1.29 is 4.79 Å². The van der Waals surface area contributed by atoms with Crippen LogP contribution in [-0.4, -0.2) is 42.0 Å². The van der Waals surface area contributed by atoms with Gasteiger partial charge in [-0.3, -0.25) is 4.79 Å². The fourth-order valence-corrected chi connectivity index (χ4v) is 2.34. The van der Waals surface area contributed by atoms with Crippen molar-refractivity contribution in [3.8, 4) is 0 Å². The number of halogens is 1. The summed E-state index contributed by atoms with van der Waals surface area (Å²) >= 11 is 5.68. The minimum absolute atomic E-state index is 0.0884. The Balaban J connectivity index is 1.70. The minimum Gasteiger partial charge on any atom is -0.351 e. The number of piperidine rings is 1. The number of carbonyl (C=O) groups excluding carboxylic acids is 1. The average Bonchev–Trinajstić information content (AvgIpc) is 2.41. The molecule has 1 amide bonds. The highest BCUT2D eigenvalue weighted by atomic mass is 35.5. The Morgan fingerprint density at radius 2 is 2.21 bits per heavy atom. The molecule has 2 rings (SSSR count). The van der Waals surface area contributed by atoms with Gasteiger partial charge in [0.05, 0.1) is 5.56 Å². The number of aromatic nitrogens is 1. The van der Waals surface area contributed by atoms with Crippen molar-refractivity contribution >= 4 is 17.5 Å². The van der Waals surface area contributed by atoms with Gasteiger partial charge in [0, 0.05) is 19.3 Å². The number of rotatable bonds is 4. The van der Waals surface area contributed by atoms with Crippen LogP contribution in [0.15, 0.2) is 18.3 Å². The highest BCUT2D eigenvalue weighted by Crippen LogP contribution is 2.15. The van der Waals surface area contributed by atoms with E-state index in [2.05, 4.69) is 22.1 Å². The number of hydrogen-bond donors (Lipinski definition) is 1. The summed E-state index contributed by atoms with van der Waals surface area (Å²) in [6.07, 6.45) is 4.02. The van der Waals surface area contributed by atoms with Crippen molar-refractivity contribution in [1.82, 2.24) is 15.2 Å². The molecule has 0 unspecified atom stereocenters. The van der Waals surface area contributed by atoms with Crippen molar-refractivity contribution in [2.45, 2.75) is 19.8 Å². The van der Waals surface area contributed by atoms with E-state index in [-0.39, 0.29) is 5.91 Å². The largest absolute Gasteiger partial charge is 0.351 e. The molecule has 1 aromatic heterocycles. The zero-order chi connectivity index (χ0) is 13.7. The summed E-state index contributed by atoms with van der Waals surface area (Å²) in [7, 11) is 0. The zero-order valence-electron chi connectivity index (χ0n) is 11.2. The molecule has 1 fully saturated rings. The molecule has 19 heavy (non-hydrogen) atoms. The standard InChI is InChI=1S/C14H20ClN3O/c1-11-4-7-18(8-5-11)9-6-16-14(19)12-2-3-13(15)17-10-12/h2-3,10-11H,4-9H2,1H3,(H,16,19). The summed E-state index contributed by atoms with van der Waals surface area (Å²) in [4.78, 5) is 18.1. The molecule has 0 atom stereocenters. The maximum Gasteiger partial charge on any atom is 0.252 e. The first-order valence-corrected chi connectivity index (χ1v) is 7.15. The Morgan fingerprint density at radius 1 is 1.47 bits per heavy atom. The molecule has 0 aromatic carbocycles.